The molecule has 1 saturated heterocycles. The third kappa shape index (κ3) is 5.94. The smallest absolute Gasteiger partial charge is 0.264 e. The molecule has 0 radical (unpaired) electrons. The lowest BCUT2D eigenvalue weighted by Gasteiger charge is -2.29. The minimum Gasteiger partial charge on any atom is -0.349 e. The number of nitrogens with zero attached hydrogens (tertiary/aromatic N) is 2. The first kappa shape index (κ1) is 27.1. The number of carbonyl (C=O) groups is 3. The van der Waals surface area contributed by atoms with Crippen molar-refractivity contribution in [3.05, 3.63) is 106 Å². The number of benzene rings is 3. The van der Waals surface area contributed by atoms with Crippen LogP contribution >= 0.6 is 0 Å². The number of nitrogens with one attached hydrogen (secondary N) is 1. The van der Waals surface area contributed by atoms with Crippen molar-refractivity contribution in [1.82, 2.24) is 15.1 Å². The highest BCUT2D eigenvalue weighted by Gasteiger charge is 2.43. The Bertz CT molecular complexity index is 1330. The van der Waals surface area contributed by atoms with Crippen LogP contribution in [-0.2, 0) is 23.3 Å². The summed E-state index contributed by atoms with van der Waals surface area (Å²) >= 11 is 0. The van der Waals surface area contributed by atoms with Gasteiger partial charge in [0.1, 0.15) is 0 Å². The van der Waals surface area contributed by atoms with Crippen LogP contribution in [0.15, 0.2) is 72.8 Å². The second-order valence-electron chi connectivity index (χ2n) is 10.8. The Morgan fingerprint density at radius 3 is 2.05 bits per heavy atom. The van der Waals surface area contributed by atoms with Gasteiger partial charge in [-0.05, 0) is 53.3 Å². The molecule has 7 nitrogen and oxygen atoms in total. The Morgan fingerprint density at radius 1 is 0.842 bits per heavy atom. The van der Waals surface area contributed by atoms with Gasteiger partial charge in [-0.3, -0.25) is 14.4 Å². The molecule has 0 saturated carbocycles. The summed E-state index contributed by atoms with van der Waals surface area (Å²) in [5.41, 5.74) is 10.6. The summed E-state index contributed by atoms with van der Waals surface area (Å²) in [6, 6.07) is 22.4. The fraction of sp³-hybridized carbons (Fsp3) is 0.323. The van der Waals surface area contributed by atoms with Crippen LogP contribution in [0.2, 0.25) is 0 Å². The molecule has 38 heavy (non-hydrogen) atoms. The van der Waals surface area contributed by atoms with E-state index in [9.17, 15) is 14.4 Å². The zero-order chi connectivity index (χ0) is 27.4. The summed E-state index contributed by atoms with van der Waals surface area (Å²) < 4.78 is 0. The zero-order valence-electron chi connectivity index (χ0n) is 22.5. The van der Waals surface area contributed by atoms with E-state index in [1.54, 1.807) is 24.3 Å². The third-order valence-corrected chi connectivity index (χ3v) is 6.89. The summed E-state index contributed by atoms with van der Waals surface area (Å²) in [6.45, 7) is 9.44. The Hall–Kier alpha value is -3.97. The lowest BCUT2D eigenvalue weighted by atomic mass is 9.86. The lowest BCUT2D eigenvalue weighted by molar-refractivity contribution is -0.128. The van der Waals surface area contributed by atoms with Gasteiger partial charge in [-0.1, -0.05) is 74.9 Å². The van der Waals surface area contributed by atoms with E-state index in [2.05, 4.69) is 26.1 Å². The number of aryl methyl sites for hydroxylation is 1. The summed E-state index contributed by atoms with van der Waals surface area (Å²) in [5.74, 6) is -0.964. The first-order valence-corrected chi connectivity index (χ1v) is 12.9. The molecule has 0 bridgehead atoms. The minimum absolute atomic E-state index is 0.0458. The predicted octanol–water partition coefficient (Wildman–Crippen LogP) is 3.99. The van der Waals surface area contributed by atoms with Gasteiger partial charge in [0.05, 0.1) is 0 Å². The first-order chi connectivity index (χ1) is 18.1. The van der Waals surface area contributed by atoms with Crippen LogP contribution < -0.4 is 11.1 Å². The van der Waals surface area contributed by atoms with Gasteiger partial charge in [-0.15, -0.1) is 0 Å². The van der Waals surface area contributed by atoms with Crippen LogP contribution in [0.3, 0.4) is 0 Å². The molecule has 3 N–H and O–H groups in total. The molecule has 198 valence electrons. The maximum atomic E-state index is 13.6. The van der Waals surface area contributed by atoms with Crippen molar-refractivity contribution >= 4 is 17.7 Å². The highest BCUT2D eigenvalue weighted by Crippen LogP contribution is 2.25. The Balaban J connectivity index is 1.61. The van der Waals surface area contributed by atoms with Crippen LogP contribution in [0.25, 0.3) is 0 Å². The average molecular weight is 513 g/mol. The Morgan fingerprint density at radius 2 is 1.45 bits per heavy atom. The average Bonchev–Trinajstić information content (AvgIpc) is 3.36. The third-order valence-electron chi connectivity index (χ3n) is 6.89. The minimum atomic E-state index is -1.06. The van der Waals surface area contributed by atoms with Crippen LogP contribution in [-0.4, -0.2) is 46.8 Å². The molecule has 1 unspecified atom stereocenters. The van der Waals surface area contributed by atoms with E-state index < -0.39 is 12.1 Å². The van der Waals surface area contributed by atoms with Crippen molar-refractivity contribution in [3.8, 4) is 0 Å². The fourth-order valence-corrected chi connectivity index (χ4v) is 4.71. The summed E-state index contributed by atoms with van der Waals surface area (Å²) in [7, 11) is 0. The molecule has 7 heteroatoms. The highest BCUT2D eigenvalue weighted by molar-refractivity contribution is 6.02. The largest absolute Gasteiger partial charge is 0.349 e. The van der Waals surface area contributed by atoms with E-state index in [4.69, 9.17) is 5.73 Å². The number of hydrogen-bond donors (Lipinski definition) is 2. The number of nitrogens with two attached hydrogens (primary N) is 1. The predicted molar refractivity (Wildman–Crippen MR) is 148 cm³/mol. The summed E-state index contributed by atoms with van der Waals surface area (Å²) in [5, 5.41) is 2.94. The van der Waals surface area contributed by atoms with Crippen molar-refractivity contribution < 1.29 is 14.4 Å². The molecule has 0 spiro atoms. The van der Waals surface area contributed by atoms with Gasteiger partial charge in [0.15, 0.2) is 6.17 Å². The number of carbonyl (C=O) groups excluding carboxylic acids is 3. The van der Waals surface area contributed by atoms with Gasteiger partial charge in [0.25, 0.3) is 17.7 Å². The number of rotatable bonds is 6. The van der Waals surface area contributed by atoms with Gasteiger partial charge < -0.3 is 20.9 Å². The highest BCUT2D eigenvalue weighted by atomic mass is 16.2. The van der Waals surface area contributed by atoms with Gasteiger partial charge in [-0.25, -0.2) is 0 Å². The van der Waals surface area contributed by atoms with Crippen molar-refractivity contribution in [2.24, 2.45) is 5.73 Å². The maximum absolute atomic E-state index is 13.6. The molecular formula is C31H36N4O3. The SMILES string of the molecule is Cc1cccc(C(=O)N2CCN(C(=O)c3ccc(C(C)(C)C)cc3)C2C(=O)NCc2cccc(CN)c2)c1. The topological polar surface area (TPSA) is 95.7 Å². The van der Waals surface area contributed by atoms with Crippen molar-refractivity contribution in [2.75, 3.05) is 13.1 Å². The van der Waals surface area contributed by atoms with Crippen LogP contribution in [0.1, 0.15) is 63.7 Å². The van der Waals surface area contributed by atoms with E-state index in [1.807, 2.05) is 55.5 Å². The molecule has 3 amide bonds. The Labute approximate surface area is 224 Å². The molecule has 1 atom stereocenters. The van der Waals surface area contributed by atoms with Crippen LogP contribution in [0.5, 0.6) is 0 Å². The standard InChI is InChI=1S/C31H36N4O3/c1-21-7-5-10-25(17-21)30(38)35-16-15-34(29(37)24-11-13-26(14-12-24)31(2,3)4)28(35)27(36)33-20-23-9-6-8-22(18-23)19-32/h5-14,17-18,28H,15-16,19-20,32H2,1-4H3,(H,33,36). The van der Waals surface area contributed by atoms with Crippen molar-refractivity contribution in [3.63, 3.8) is 0 Å². The molecule has 3 aromatic carbocycles. The molecule has 0 aliphatic carbocycles. The van der Waals surface area contributed by atoms with E-state index in [0.717, 1.165) is 22.3 Å². The Kier molecular flexibility index (Phi) is 7.97. The van der Waals surface area contributed by atoms with Gasteiger partial charge in [-0.2, -0.15) is 0 Å². The van der Waals surface area contributed by atoms with Crippen molar-refractivity contribution in [2.45, 2.75) is 52.4 Å². The summed E-state index contributed by atoms with van der Waals surface area (Å²) in [6.07, 6.45) is -1.06. The van der Waals surface area contributed by atoms with Crippen molar-refractivity contribution in [1.29, 1.82) is 0 Å². The lowest BCUT2D eigenvalue weighted by Crippen LogP contribution is -2.53. The van der Waals surface area contributed by atoms with Gasteiger partial charge in [0, 0.05) is 37.3 Å². The molecule has 1 heterocycles. The van der Waals surface area contributed by atoms with E-state index in [-0.39, 0.29) is 36.9 Å². The normalized spacial score (nSPS) is 15.4. The van der Waals surface area contributed by atoms with Gasteiger partial charge in [0.2, 0.25) is 0 Å². The van der Waals surface area contributed by atoms with E-state index in [0.29, 0.717) is 17.7 Å². The zero-order valence-corrected chi connectivity index (χ0v) is 22.5. The molecule has 1 fully saturated rings. The monoisotopic (exact) mass is 512 g/mol. The summed E-state index contributed by atoms with van der Waals surface area (Å²) in [4.78, 5) is 43.7. The van der Waals surface area contributed by atoms with Crippen LogP contribution in [0, 0.1) is 6.92 Å². The second-order valence-corrected chi connectivity index (χ2v) is 10.8. The quantitative estimate of drug-likeness (QED) is 0.522. The molecule has 4 rings (SSSR count). The molecular weight excluding hydrogens is 476 g/mol. The first-order valence-electron chi connectivity index (χ1n) is 12.9. The molecule has 1 aliphatic rings. The maximum Gasteiger partial charge on any atom is 0.264 e. The number of amides is 3. The molecule has 1 aliphatic heterocycles. The van der Waals surface area contributed by atoms with E-state index in [1.165, 1.54) is 9.80 Å². The molecule has 0 aromatic heterocycles. The van der Waals surface area contributed by atoms with E-state index >= 15 is 0 Å². The fourth-order valence-electron chi connectivity index (χ4n) is 4.71. The van der Waals surface area contributed by atoms with Crippen LogP contribution in [0.4, 0.5) is 0 Å². The molecule has 3 aromatic rings. The number of hydrogen-bond acceptors (Lipinski definition) is 4. The second kappa shape index (κ2) is 11.2. The van der Waals surface area contributed by atoms with Gasteiger partial charge >= 0.3 is 0 Å².